The molecule has 0 bridgehead atoms. The van der Waals surface area contributed by atoms with Crippen molar-refractivity contribution in [2.45, 2.75) is 62.8 Å². The molecule has 4 heterocycles. The number of hydrogen-bond donors (Lipinski definition) is 2. The second-order valence-corrected chi connectivity index (χ2v) is 9.79. The van der Waals surface area contributed by atoms with Crippen LogP contribution in [-0.4, -0.2) is 81.7 Å². The van der Waals surface area contributed by atoms with Gasteiger partial charge in [0.1, 0.15) is 6.10 Å². The number of thiazole rings is 1. The number of aliphatic hydroxyl groups excluding tert-OH is 1. The van der Waals surface area contributed by atoms with Crippen LogP contribution >= 0.6 is 11.3 Å². The van der Waals surface area contributed by atoms with E-state index in [2.05, 4.69) is 15.2 Å². The quantitative estimate of drug-likeness (QED) is 0.727. The van der Waals surface area contributed by atoms with Crippen LogP contribution in [0.4, 0.5) is 0 Å². The molecule has 29 heavy (non-hydrogen) atoms. The van der Waals surface area contributed by atoms with Crippen LogP contribution in [0.1, 0.15) is 43.9 Å². The van der Waals surface area contributed by atoms with Gasteiger partial charge in [-0.05, 0) is 26.2 Å². The Morgan fingerprint density at radius 1 is 1.41 bits per heavy atom. The van der Waals surface area contributed by atoms with E-state index in [-0.39, 0.29) is 30.6 Å². The van der Waals surface area contributed by atoms with Crippen molar-refractivity contribution in [2.75, 3.05) is 32.8 Å². The van der Waals surface area contributed by atoms with Gasteiger partial charge in [-0.1, -0.05) is 0 Å². The van der Waals surface area contributed by atoms with Crippen LogP contribution in [0.5, 0.6) is 0 Å². The number of aromatic nitrogens is 1. The van der Waals surface area contributed by atoms with Crippen LogP contribution in [0.3, 0.4) is 0 Å². The van der Waals surface area contributed by atoms with E-state index in [0.717, 1.165) is 38.9 Å². The van der Waals surface area contributed by atoms with E-state index in [9.17, 15) is 14.7 Å². The van der Waals surface area contributed by atoms with E-state index in [1.807, 2.05) is 18.6 Å². The van der Waals surface area contributed by atoms with Crippen molar-refractivity contribution in [3.05, 3.63) is 16.6 Å². The molecule has 3 saturated heterocycles. The van der Waals surface area contributed by atoms with E-state index < -0.39 is 11.6 Å². The fourth-order valence-corrected chi connectivity index (χ4v) is 5.42. The van der Waals surface area contributed by atoms with Crippen molar-refractivity contribution in [3.8, 4) is 0 Å². The number of hydrogen-bond acceptors (Lipinski definition) is 7. The highest BCUT2D eigenvalue weighted by molar-refractivity contribution is 7.09. The van der Waals surface area contributed by atoms with E-state index >= 15 is 0 Å². The molecule has 3 aliphatic heterocycles. The third-order valence-corrected chi connectivity index (χ3v) is 7.30. The van der Waals surface area contributed by atoms with Crippen LogP contribution in [0.15, 0.2) is 11.7 Å². The lowest BCUT2D eigenvalue weighted by atomic mass is 9.74. The van der Waals surface area contributed by atoms with Gasteiger partial charge in [-0.25, -0.2) is 0 Å². The summed E-state index contributed by atoms with van der Waals surface area (Å²) in [5, 5.41) is 13.6. The average molecular weight is 423 g/mol. The van der Waals surface area contributed by atoms with Gasteiger partial charge in [-0.2, -0.15) is 0 Å². The van der Waals surface area contributed by atoms with Crippen LogP contribution in [0, 0.1) is 0 Å². The van der Waals surface area contributed by atoms with Crippen molar-refractivity contribution < 1.29 is 19.4 Å². The maximum absolute atomic E-state index is 12.6. The number of ether oxygens (including phenoxy) is 1. The predicted octanol–water partition coefficient (Wildman–Crippen LogP) is 0.756. The molecule has 9 heteroatoms. The molecule has 0 aromatic carbocycles. The standard InChI is InChI=1S/C20H30N4O4S/c1-19(22-17(26)11-24-6-2-3-18(24)27)13-20(28-12-16(19)25)4-7-23(8-5-20)10-15-9-21-14-29-15/h9,14,16,25H,2-8,10-13H2,1H3,(H,22,26)/t16-,19-/m0/s1. The highest BCUT2D eigenvalue weighted by atomic mass is 32.1. The number of aliphatic hydroxyl groups is 1. The van der Waals surface area contributed by atoms with Crippen molar-refractivity contribution in [2.24, 2.45) is 0 Å². The zero-order chi connectivity index (χ0) is 20.5. The SMILES string of the molecule is C[C@]1(NC(=O)CN2CCCC2=O)CC2(CCN(Cc3cncs3)CC2)OC[C@@H]1O. The summed E-state index contributed by atoms with van der Waals surface area (Å²) in [5.74, 6) is -0.177. The van der Waals surface area contributed by atoms with E-state index in [1.54, 1.807) is 16.2 Å². The summed E-state index contributed by atoms with van der Waals surface area (Å²) in [6, 6.07) is 0. The van der Waals surface area contributed by atoms with Gasteiger partial charge in [0.2, 0.25) is 11.8 Å². The van der Waals surface area contributed by atoms with Crippen molar-refractivity contribution in [1.82, 2.24) is 20.1 Å². The normalized spacial score (nSPS) is 30.1. The molecule has 2 amide bonds. The second-order valence-electron chi connectivity index (χ2n) is 8.81. The average Bonchev–Trinajstić information content (AvgIpc) is 3.33. The van der Waals surface area contributed by atoms with Gasteiger partial charge in [0.25, 0.3) is 0 Å². The molecule has 160 valence electrons. The van der Waals surface area contributed by atoms with E-state index in [4.69, 9.17) is 4.74 Å². The molecule has 8 nitrogen and oxygen atoms in total. The van der Waals surface area contributed by atoms with Gasteiger partial charge >= 0.3 is 0 Å². The summed E-state index contributed by atoms with van der Waals surface area (Å²) < 4.78 is 6.13. The van der Waals surface area contributed by atoms with Crippen molar-refractivity contribution in [3.63, 3.8) is 0 Å². The molecule has 1 aromatic heterocycles. The molecule has 4 rings (SSSR count). The van der Waals surface area contributed by atoms with Gasteiger partial charge in [-0.15, -0.1) is 11.3 Å². The Morgan fingerprint density at radius 2 is 2.21 bits per heavy atom. The number of nitrogens with zero attached hydrogens (tertiary/aromatic N) is 3. The molecule has 0 saturated carbocycles. The number of nitrogens with one attached hydrogen (secondary N) is 1. The first-order valence-electron chi connectivity index (χ1n) is 10.4. The number of likely N-dealkylation sites (tertiary alicyclic amines) is 2. The van der Waals surface area contributed by atoms with Gasteiger partial charge in [0.05, 0.1) is 29.8 Å². The Kier molecular flexibility index (Phi) is 5.92. The topological polar surface area (TPSA) is 95.0 Å². The Labute approximate surface area is 175 Å². The Balaban J connectivity index is 1.34. The lowest BCUT2D eigenvalue weighted by Gasteiger charge is -2.52. The molecule has 0 unspecified atom stereocenters. The number of carbonyl (C=O) groups is 2. The molecule has 3 fully saturated rings. The Morgan fingerprint density at radius 3 is 2.86 bits per heavy atom. The molecule has 1 spiro atoms. The zero-order valence-corrected chi connectivity index (χ0v) is 17.7. The summed E-state index contributed by atoms with van der Waals surface area (Å²) >= 11 is 1.67. The Hall–Kier alpha value is -1.55. The summed E-state index contributed by atoms with van der Waals surface area (Å²) in [6.07, 6.45) is 4.79. The van der Waals surface area contributed by atoms with Gasteiger partial charge in [0.15, 0.2) is 0 Å². The smallest absolute Gasteiger partial charge is 0.240 e. The molecular formula is C20H30N4O4S. The fraction of sp³-hybridized carbons (Fsp3) is 0.750. The summed E-state index contributed by atoms with van der Waals surface area (Å²) in [4.78, 5) is 33.8. The molecule has 0 radical (unpaired) electrons. The van der Waals surface area contributed by atoms with Gasteiger partial charge < -0.3 is 20.1 Å². The van der Waals surface area contributed by atoms with E-state index in [0.29, 0.717) is 19.4 Å². The molecule has 0 aliphatic carbocycles. The molecule has 3 aliphatic rings. The van der Waals surface area contributed by atoms with Crippen LogP contribution in [0.2, 0.25) is 0 Å². The third-order valence-electron chi connectivity index (χ3n) is 6.53. The Bertz CT molecular complexity index is 735. The van der Waals surface area contributed by atoms with Crippen molar-refractivity contribution in [1.29, 1.82) is 0 Å². The monoisotopic (exact) mass is 422 g/mol. The van der Waals surface area contributed by atoms with Crippen LogP contribution in [0.25, 0.3) is 0 Å². The second kappa shape index (κ2) is 8.29. The minimum absolute atomic E-state index is 0.0302. The number of rotatable bonds is 5. The number of amides is 2. The van der Waals surface area contributed by atoms with Crippen LogP contribution in [-0.2, 0) is 20.9 Å². The highest BCUT2D eigenvalue weighted by Crippen LogP contribution is 2.40. The summed E-state index contributed by atoms with van der Waals surface area (Å²) in [6.45, 7) is 5.55. The first-order chi connectivity index (χ1) is 13.9. The maximum Gasteiger partial charge on any atom is 0.240 e. The molecule has 2 N–H and O–H groups in total. The largest absolute Gasteiger partial charge is 0.388 e. The highest BCUT2D eigenvalue weighted by Gasteiger charge is 2.50. The number of piperidine rings is 1. The van der Waals surface area contributed by atoms with Gasteiger partial charge in [-0.3, -0.25) is 19.5 Å². The van der Waals surface area contributed by atoms with Crippen molar-refractivity contribution >= 4 is 23.2 Å². The summed E-state index contributed by atoms with van der Waals surface area (Å²) in [7, 11) is 0. The first-order valence-corrected chi connectivity index (χ1v) is 11.3. The fourth-order valence-electron chi connectivity index (χ4n) is 4.79. The maximum atomic E-state index is 12.6. The van der Waals surface area contributed by atoms with Crippen LogP contribution < -0.4 is 5.32 Å². The molecule has 2 atom stereocenters. The zero-order valence-electron chi connectivity index (χ0n) is 16.9. The first kappa shape index (κ1) is 20.7. The number of carbonyl (C=O) groups excluding carboxylic acids is 2. The molecular weight excluding hydrogens is 392 g/mol. The van der Waals surface area contributed by atoms with E-state index in [1.165, 1.54) is 4.88 Å². The summed E-state index contributed by atoms with van der Waals surface area (Å²) in [5.41, 5.74) is 0.781. The molecule has 1 aromatic rings. The lowest BCUT2D eigenvalue weighted by Crippen LogP contribution is -2.66. The predicted molar refractivity (Wildman–Crippen MR) is 108 cm³/mol. The lowest BCUT2D eigenvalue weighted by molar-refractivity contribution is -0.182. The minimum atomic E-state index is -0.762. The van der Waals surface area contributed by atoms with Gasteiger partial charge in [0, 0.05) is 50.1 Å². The third kappa shape index (κ3) is 4.63. The minimum Gasteiger partial charge on any atom is -0.388 e.